The van der Waals surface area contributed by atoms with Crippen molar-refractivity contribution >= 4 is 23.8 Å². The van der Waals surface area contributed by atoms with Gasteiger partial charge in [-0.2, -0.15) is 0 Å². The van der Waals surface area contributed by atoms with Crippen molar-refractivity contribution in [3.05, 3.63) is 39.9 Å². The average molecular weight is 227 g/mol. The Morgan fingerprint density at radius 2 is 2.13 bits per heavy atom. The number of nitrogens with one attached hydrogen (secondary N) is 1. The molecule has 0 radical (unpaired) electrons. The molecular formula is C8H9N3O3S. The van der Waals surface area contributed by atoms with Crippen molar-refractivity contribution < 1.29 is 9.11 Å². The summed E-state index contributed by atoms with van der Waals surface area (Å²) in [5, 5.41) is 17.1. The average Bonchev–Trinajstić information content (AvgIpc) is 2.18. The Morgan fingerprint density at radius 3 is 2.60 bits per heavy atom. The third-order valence-corrected chi connectivity index (χ3v) is 2.27. The molecule has 1 aromatic rings. The molecule has 0 aliphatic heterocycles. The van der Waals surface area contributed by atoms with E-state index in [-0.39, 0.29) is 11.7 Å². The standard InChI is InChI=1S/C8H9N3O3S/c9-8(10)14-15-5-6-1-3-7(4-2-6)11(12)13/h1-4H,5H2,(H3,9,10). The van der Waals surface area contributed by atoms with Crippen LogP contribution in [0.4, 0.5) is 5.69 Å². The van der Waals surface area contributed by atoms with Gasteiger partial charge >= 0.3 is 0 Å². The molecule has 0 fully saturated rings. The van der Waals surface area contributed by atoms with Crippen LogP contribution >= 0.6 is 12.0 Å². The molecule has 3 N–H and O–H groups in total. The van der Waals surface area contributed by atoms with Gasteiger partial charge in [-0.3, -0.25) is 15.5 Å². The summed E-state index contributed by atoms with van der Waals surface area (Å²) in [6.07, 6.45) is 0. The normalized spacial score (nSPS) is 9.60. The molecule has 0 heterocycles. The number of nitro benzene ring substituents is 1. The second-order valence-corrected chi connectivity index (χ2v) is 3.32. The van der Waals surface area contributed by atoms with Gasteiger partial charge in [-0.05, 0) is 5.56 Å². The lowest BCUT2D eigenvalue weighted by molar-refractivity contribution is -0.384. The fourth-order valence-electron chi connectivity index (χ4n) is 0.875. The maximum absolute atomic E-state index is 10.3. The zero-order chi connectivity index (χ0) is 11.3. The Bertz CT molecular complexity index is 366. The highest BCUT2D eigenvalue weighted by Gasteiger charge is 2.04. The minimum Gasteiger partial charge on any atom is -0.391 e. The molecule has 1 aromatic carbocycles. The van der Waals surface area contributed by atoms with Crippen molar-refractivity contribution in [2.45, 2.75) is 5.75 Å². The molecule has 0 spiro atoms. The van der Waals surface area contributed by atoms with E-state index < -0.39 is 4.92 Å². The molecule has 80 valence electrons. The van der Waals surface area contributed by atoms with Crippen molar-refractivity contribution in [3.63, 3.8) is 0 Å². The molecule has 0 aromatic heterocycles. The fourth-order valence-corrected chi connectivity index (χ4v) is 1.39. The zero-order valence-electron chi connectivity index (χ0n) is 7.67. The highest BCUT2D eigenvalue weighted by molar-refractivity contribution is 7.94. The third kappa shape index (κ3) is 3.86. The molecule has 1 rings (SSSR count). The van der Waals surface area contributed by atoms with E-state index in [2.05, 4.69) is 4.18 Å². The summed E-state index contributed by atoms with van der Waals surface area (Å²) in [5.74, 6) is 0.484. The monoisotopic (exact) mass is 227 g/mol. The van der Waals surface area contributed by atoms with Gasteiger partial charge in [0.05, 0.1) is 22.7 Å². The van der Waals surface area contributed by atoms with E-state index in [4.69, 9.17) is 11.1 Å². The van der Waals surface area contributed by atoms with Gasteiger partial charge in [0.15, 0.2) is 0 Å². The number of nitro groups is 1. The van der Waals surface area contributed by atoms with Crippen LogP contribution in [-0.2, 0) is 9.94 Å². The van der Waals surface area contributed by atoms with Gasteiger partial charge in [-0.25, -0.2) is 0 Å². The van der Waals surface area contributed by atoms with Crippen molar-refractivity contribution in [1.29, 1.82) is 5.41 Å². The quantitative estimate of drug-likeness (QED) is 0.268. The van der Waals surface area contributed by atoms with Crippen LogP contribution in [0.15, 0.2) is 24.3 Å². The SMILES string of the molecule is N=C(N)OSCc1ccc([N+](=O)[O-])cc1. The first kappa shape index (κ1) is 11.3. The van der Waals surface area contributed by atoms with Crippen LogP contribution in [0.2, 0.25) is 0 Å². The number of nitrogens with zero attached hydrogens (tertiary/aromatic N) is 1. The van der Waals surface area contributed by atoms with E-state index in [0.29, 0.717) is 5.75 Å². The minimum atomic E-state index is -0.455. The highest BCUT2D eigenvalue weighted by atomic mass is 32.2. The van der Waals surface area contributed by atoms with Crippen LogP contribution < -0.4 is 5.73 Å². The van der Waals surface area contributed by atoms with E-state index in [9.17, 15) is 10.1 Å². The van der Waals surface area contributed by atoms with E-state index in [1.165, 1.54) is 12.1 Å². The number of rotatable bonds is 4. The van der Waals surface area contributed by atoms with Gasteiger partial charge in [-0.15, -0.1) is 0 Å². The Labute approximate surface area is 90.3 Å². The first-order chi connectivity index (χ1) is 7.09. The topological polar surface area (TPSA) is 102 Å². The van der Waals surface area contributed by atoms with Gasteiger partial charge in [0.25, 0.3) is 11.7 Å². The maximum Gasteiger partial charge on any atom is 0.291 e. The molecule has 0 unspecified atom stereocenters. The lowest BCUT2D eigenvalue weighted by Crippen LogP contribution is -2.09. The van der Waals surface area contributed by atoms with Gasteiger partial charge in [-0.1, -0.05) is 12.1 Å². The number of hydrogen-bond acceptors (Lipinski definition) is 5. The molecule has 15 heavy (non-hydrogen) atoms. The Balaban J connectivity index is 2.50. The molecular weight excluding hydrogens is 218 g/mol. The summed E-state index contributed by atoms with van der Waals surface area (Å²) in [7, 11) is 0. The number of non-ortho nitro benzene ring substituents is 1. The minimum absolute atomic E-state index is 0.0521. The lowest BCUT2D eigenvalue weighted by Gasteiger charge is -2.00. The van der Waals surface area contributed by atoms with E-state index in [1.54, 1.807) is 12.1 Å². The molecule has 0 aliphatic carbocycles. The summed E-state index contributed by atoms with van der Waals surface area (Å²) in [6, 6.07) is 5.75. The Kier molecular flexibility index (Phi) is 3.92. The second kappa shape index (κ2) is 5.20. The molecule has 0 atom stereocenters. The van der Waals surface area contributed by atoms with Gasteiger partial charge < -0.3 is 9.92 Å². The zero-order valence-corrected chi connectivity index (χ0v) is 8.49. The molecule has 0 amide bonds. The van der Waals surface area contributed by atoms with E-state index in [1.807, 2.05) is 0 Å². The predicted molar refractivity (Wildman–Crippen MR) is 57.4 cm³/mol. The summed E-state index contributed by atoms with van der Waals surface area (Å²) < 4.78 is 4.67. The van der Waals surface area contributed by atoms with Crippen molar-refractivity contribution in [2.24, 2.45) is 5.73 Å². The summed E-state index contributed by atoms with van der Waals surface area (Å²) in [6.45, 7) is 0. The van der Waals surface area contributed by atoms with Crippen LogP contribution in [0, 0.1) is 15.5 Å². The maximum atomic E-state index is 10.3. The smallest absolute Gasteiger partial charge is 0.291 e. The van der Waals surface area contributed by atoms with E-state index in [0.717, 1.165) is 17.6 Å². The number of amidine groups is 1. The van der Waals surface area contributed by atoms with E-state index >= 15 is 0 Å². The highest BCUT2D eigenvalue weighted by Crippen LogP contribution is 2.16. The fraction of sp³-hybridized carbons (Fsp3) is 0.125. The van der Waals surface area contributed by atoms with Crippen LogP contribution in [0.1, 0.15) is 5.56 Å². The molecule has 6 nitrogen and oxygen atoms in total. The summed E-state index contributed by atoms with van der Waals surface area (Å²) in [5.41, 5.74) is 5.89. The number of nitrogens with two attached hydrogens (primary N) is 1. The summed E-state index contributed by atoms with van der Waals surface area (Å²) in [4.78, 5) is 9.89. The predicted octanol–water partition coefficient (Wildman–Crippen LogP) is 1.65. The van der Waals surface area contributed by atoms with Crippen LogP contribution in [0.3, 0.4) is 0 Å². The first-order valence-electron chi connectivity index (χ1n) is 3.96. The molecule has 0 saturated carbocycles. The van der Waals surface area contributed by atoms with Gasteiger partial charge in [0.1, 0.15) is 0 Å². The van der Waals surface area contributed by atoms with Crippen molar-refractivity contribution in [3.8, 4) is 0 Å². The van der Waals surface area contributed by atoms with Crippen LogP contribution in [-0.4, -0.2) is 10.9 Å². The lowest BCUT2D eigenvalue weighted by atomic mass is 10.2. The van der Waals surface area contributed by atoms with Crippen LogP contribution in [0.25, 0.3) is 0 Å². The third-order valence-electron chi connectivity index (χ3n) is 1.52. The number of benzene rings is 1. The molecule has 0 bridgehead atoms. The molecule has 7 heteroatoms. The van der Waals surface area contributed by atoms with Crippen molar-refractivity contribution in [1.82, 2.24) is 0 Å². The van der Waals surface area contributed by atoms with Crippen molar-refractivity contribution in [2.75, 3.05) is 0 Å². The largest absolute Gasteiger partial charge is 0.391 e. The molecule has 0 aliphatic rings. The molecule has 0 saturated heterocycles. The second-order valence-electron chi connectivity index (χ2n) is 2.63. The summed E-state index contributed by atoms with van der Waals surface area (Å²) >= 11 is 1.01. The van der Waals surface area contributed by atoms with Gasteiger partial charge in [0.2, 0.25) is 0 Å². The van der Waals surface area contributed by atoms with Gasteiger partial charge in [0, 0.05) is 12.1 Å². The Morgan fingerprint density at radius 1 is 1.53 bits per heavy atom. The first-order valence-corrected chi connectivity index (χ1v) is 4.87. The Hall–Kier alpha value is -1.76. The number of hydrogen-bond donors (Lipinski definition) is 2. The van der Waals surface area contributed by atoms with Crippen LogP contribution in [0.5, 0.6) is 0 Å².